The van der Waals surface area contributed by atoms with Crippen molar-refractivity contribution >= 4 is 41.5 Å². The summed E-state index contributed by atoms with van der Waals surface area (Å²) in [5.41, 5.74) is 0.256. The van der Waals surface area contributed by atoms with E-state index in [0.29, 0.717) is 12.8 Å². The number of esters is 2. The van der Waals surface area contributed by atoms with Gasteiger partial charge >= 0.3 is 41.5 Å². The van der Waals surface area contributed by atoms with E-state index >= 15 is 0 Å². The van der Waals surface area contributed by atoms with E-state index in [4.69, 9.17) is 4.74 Å². The second-order valence-corrected chi connectivity index (χ2v) is 5.04. The van der Waals surface area contributed by atoms with Gasteiger partial charge in [0, 0.05) is 6.42 Å². The molecule has 0 saturated heterocycles. The van der Waals surface area contributed by atoms with Crippen LogP contribution < -0.4 is 0 Å². The summed E-state index contributed by atoms with van der Waals surface area (Å²) in [6.07, 6.45) is 5.64. The van der Waals surface area contributed by atoms with Crippen LogP contribution >= 0.6 is 0 Å². The van der Waals surface area contributed by atoms with Crippen LogP contribution in [0.3, 0.4) is 0 Å². The molecule has 0 spiro atoms. The minimum absolute atomic E-state index is 0. The van der Waals surface area contributed by atoms with Crippen molar-refractivity contribution in [2.75, 3.05) is 0 Å². The van der Waals surface area contributed by atoms with Gasteiger partial charge in [-0.05, 0) is 26.7 Å². The molecule has 0 radical (unpaired) electrons. The number of hydrogen-bond donors (Lipinski definition) is 0. The van der Waals surface area contributed by atoms with Crippen molar-refractivity contribution in [3.8, 4) is 0 Å². The Morgan fingerprint density at radius 1 is 1.27 bits per heavy atom. The Kier molecular flexibility index (Phi) is 12.9. The molecule has 0 saturated carbocycles. The molecule has 0 aromatic carbocycles. The molecule has 0 fully saturated rings. The summed E-state index contributed by atoms with van der Waals surface area (Å²) in [6, 6.07) is 0. The molecule has 0 aliphatic heterocycles. The first-order chi connectivity index (χ1) is 9.75. The van der Waals surface area contributed by atoms with Crippen LogP contribution in [0, 0.1) is 5.92 Å². The zero-order valence-electron chi connectivity index (χ0n) is 13.1. The van der Waals surface area contributed by atoms with Gasteiger partial charge in [0.25, 0.3) is 0 Å². The molecule has 6 heteroatoms. The van der Waals surface area contributed by atoms with E-state index in [1.807, 2.05) is 6.92 Å². The fourth-order valence-electron chi connectivity index (χ4n) is 1.94. The van der Waals surface area contributed by atoms with Gasteiger partial charge in [-0.25, -0.2) is 13.6 Å². The average Bonchev–Trinajstić information content (AvgIpc) is 2.36. The first kappa shape index (κ1) is 23.7. The molecule has 0 bridgehead atoms. The van der Waals surface area contributed by atoms with E-state index in [9.17, 15) is 18.4 Å². The molecule has 22 heavy (non-hydrogen) atoms. The van der Waals surface area contributed by atoms with Crippen LogP contribution in [0.5, 0.6) is 0 Å². The Labute approximate surface area is 153 Å². The Balaban J connectivity index is 0. The molecule has 0 aliphatic carbocycles. The van der Waals surface area contributed by atoms with Crippen molar-refractivity contribution in [2.24, 2.45) is 5.92 Å². The van der Waals surface area contributed by atoms with Crippen LogP contribution in [-0.2, 0) is 14.3 Å². The van der Waals surface area contributed by atoms with E-state index in [1.165, 1.54) is 6.08 Å². The second kappa shape index (κ2) is 12.0. The van der Waals surface area contributed by atoms with Crippen molar-refractivity contribution in [3.63, 3.8) is 0 Å². The van der Waals surface area contributed by atoms with Crippen LogP contribution in [0.1, 0.15) is 53.4 Å². The van der Waals surface area contributed by atoms with Crippen molar-refractivity contribution in [1.29, 1.82) is 0 Å². The molecule has 3 nitrogen and oxygen atoms in total. The summed E-state index contributed by atoms with van der Waals surface area (Å²) in [4.78, 5) is 23.8. The standard InChI is InChI=1S/C16H24F2O3.Na.H/c1-5-8-12(9-6-2)14(19)21-15(20)13(10-7-3)11-16(4,17)18;;/h5,8-9,13H,6-7,10-11H2,1-4H3;;/b8-5-,12-9+;;. The quantitative estimate of drug-likeness (QED) is 0.224. The van der Waals surface area contributed by atoms with E-state index in [1.54, 1.807) is 26.0 Å². The zero-order valence-corrected chi connectivity index (χ0v) is 13.1. The SMILES string of the molecule is C/C=C\C(=C/CC)C(=O)OC(=O)C(CCC)CC(C)(F)F.[NaH]. The van der Waals surface area contributed by atoms with Gasteiger partial charge in [0.15, 0.2) is 0 Å². The average molecular weight is 326 g/mol. The van der Waals surface area contributed by atoms with Gasteiger partial charge < -0.3 is 4.74 Å². The molecular formula is C16H25F2NaO3. The number of carbonyl (C=O) groups is 2. The summed E-state index contributed by atoms with van der Waals surface area (Å²) in [7, 11) is 0. The molecule has 122 valence electrons. The van der Waals surface area contributed by atoms with Crippen LogP contribution in [0.2, 0.25) is 0 Å². The first-order valence-electron chi connectivity index (χ1n) is 7.21. The number of carbonyl (C=O) groups excluding carboxylic acids is 2. The topological polar surface area (TPSA) is 43.4 Å². The van der Waals surface area contributed by atoms with Crippen LogP contribution in [0.15, 0.2) is 23.8 Å². The Morgan fingerprint density at radius 2 is 1.86 bits per heavy atom. The molecule has 0 heterocycles. The fraction of sp³-hybridized carbons (Fsp3) is 0.625. The number of allylic oxidation sites excluding steroid dienone is 2. The van der Waals surface area contributed by atoms with Gasteiger partial charge in [0.05, 0.1) is 11.5 Å². The zero-order chi connectivity index (χ0) is 16.5. The maximum atomic E-state index is 13.1. The molecular weight excluding hydrogens is 301 g/mol. The minimum atomic E-state index is -2.96. The van der Waals surface area contributed by atoms with Crippen LogP contribution in [0.25, 0.3) is 0 Å². The van der Waals surface area contributed by atoms with Crippen molar-refractivity contribution in [1.82, 2.24) is 0 Å². The second-order valence-electron chi connectivity index (χ2n) is 5.04. The maximum absolute atomic E-state index is 13.1. The Bertz CT molecular complexity index is 412. The normalized spacial score (nSPS) is 13.6. The van der Waals surface area contributed by atoms with E-state index in [-0.39, 0.29) is 41.6 Å². The van der Waals surface area contributed by atoms with Gasteiger partial charge in [0.1, 0.15) is 0 Å². The van der Waals surface area contributed by atoms with E-state index in [2.05, 4.69) is 0 Å². The summed E-state index contributed by atoms with van der Waals surface area (Å²) in [6.45, 7) is 6.12. The molecule has 0 amide bonds. The molecule has 0 aromatic rings. The number of rotatable bonds is 8. The third kappa shape index (κ3) is 10.2. The van der Waals surface area contributed by atoms with Crippen LogP contribution in [0.4, 0.5) is 8.78 Å². The number of ether oxygens (including phenoxy) is 1. The molecule has 0 N–H and O–H groups in total. The summed E-state index contributed by atoms with van der Waals surface area (Å²) in [5.74, 6) is -5.60. The van der Waals surface area contributed by atoms with Gasteiger partial charge in [-0.1, -0.05) is 38.5 Å². The first-order valence-corrected chi connectivity index (χ1v) is 7.21. The van der Waals surface area contributed by atoms with Gasteiger partial charge in [-0.15, -0.1) is 0 Å². The number of halogens is 2. The van der Waals surface area contributed by atoms with Crippen LogP contribution in [-0.4, -0.2) is 47.4 Å². The van der Waals surface area contributed by atoms with E-state index < -0.39 is 30.2 Å². The van der Waals surface area contributed by atoms with Crippen molar-refractivity contribution in [2.45, 2.75) is 59.3 Å². The predicted molar refractivity (Wildman–Crippen MR) is 85.1 cm³/mol. The number of hydrogen-bond acceptors (Lipinski definition) is 3. The van der Waals surface area contributed by atoms with Gasteiger partial charge in [0.2, 0.25) is 5.92 Å². The van der Waals surface area contributed by atoms with Gasteiger partial charge in [-0.2, -0.15) is 0 Å². The fourth-order valence-corrected chi connectivity index (χ4v) is 1.94. The third-order valence-electron chi connectivity index (χ3n) is 2.77. The number of alkyl halides is 2. The molecule has 0 aliphatic rings. The van der Waals surface area contributed by atoms with Crippen molar-refractivity contribution < 1.29 is 23.1 Å². The molecule has 0 rings (SSSR count). The van der Waals surface area contributed by atoms with Gasteiger partial charge in [-0.3, -0.25) is 4.79 Å². The summed E-state index contributed by atoms with van der Waals surface area (Å²) in [5, 5.41) is 0. The van der Waals surface area contributed by atoms with E-state index in [0.717, 1.165) is 6.92 Å². The monoisotopic (exact) mass is 326 g/mol. The summed E-state index contributed by atoms with van der Waals surface area (Å²) < 4.78 is 30.9. The summed E-state index contributed by atoms with van der Waals surface area (Å²) >= 11 is 0. The Morgan fingerprint density at radius 3 is 2.27 bits per heavy atom. The third-order valence-corrected chi connectivity index (χ3v) is 2.77. The van der Waals surface area contributed by atoms with Crippen molar-refractivity contribution in [3.05, 3.63) is 23.8 Å². The molecule has 1 unspecified atom stereocenters. The Hall–Kier alpha value is -0.520. The predicted octanol–water partition coefficient (Wildman–Crippen LogP) is 3.78. The molecule has 0 aromatic heterocycles. The molecule has 1 atom stereocenters.